The molecule has 0 aliphatic heterocycles. The van der Waals surface area contributed by atoms with Gasteiger partial charge in [0.05, 0.1) is 16.4 Å². The lowest BCUT2D eigenvalue weighted by molar-refractivity contribution is -0.113. The second-order valence-electron chi connectivity index (χ2n) is 3.62. The van der Waals surface area contributed by atoms with E-state index in [0.717, 1.165) is 12.1 Å². The zero-order valence-electron chi connectivity index (χ0n) is 9.80. The van der Waals surface area contributed by atoms with Crippen molar-refractivity contribution in [3.05, 3.63) is 40.2 Å². The molecule has 0 saturated carbocycles. The van der Waals surface area contributed by atoms with Crippen LogP contribution in [-0.2, 0) is 4.79 Å². The SMILES string of the molecule is CC(=O)/C(N)=C(\C)N(N)c1c(F)ccc(Cl)c1F. The highest BCUT2D eigenvalue weighted by molar-refractivity contribution is 6.31. The van der Waals surface area contributed by atoms with Gasteiger partial charge in [-0.3, -0.25) is 9.80 Å². The van der Waals surface area contributed by atoms with Gasteiger partial charge in [-0.2, -0.15) is 0 Å². The van der Waals surface area contributed by atoms with Gasteiger partial charge in [-0.15, -0.1) is 0 Å². The molecule has 0 atom stereocenters. The van der Waals surface area contributed by atoms with Crippen molar-refractivity contribution < 1.29 is 13.6 Å². The highest BCUT2D eigenvalue weighted by Gasteiger charge is 2.20. The molecule has 98 valence electrons. The van der Waals surface area contributed by atoms with Crippen LogP contribution in [0.5, 0.6) is 0 Å². The number of anilines is 1. The van der Waals surface area contributed by atoms with Crippen LogP contribution in [0, 0.1) is 11.6 Å². The van der Waals surface area contributed by atoms with E-state index in [1.165, 1.54) is 13.8 Å². The van der Waals surface area contributed by atoms with Crippen LogP contribution < -0.4 is 16.6 Å². The monoisotopic (exact) mass is 275 g/mol. The zero-order valence-corrected chi connectivity index (χ0v) is 10.6. The number of carbonyl (C=O) groups is 1. The summed E-state index contributed by atoms with van der Waals surface area (Å²) in [5.41, 5.74) is 4.75. The maximum atomic E-state index is 13.7. The topological polar surface area (TPSA) is 72.4 Å². The second kappa shape index (κ2) is 5.32. The molecule has 1 rings (SSSR count). The molecule has 7 heteroatoms. The summed E-state index contributed by atoms with van der Waals surface area (Å²) in [7, 11) is 0. The van der Waals surface area contributed by atoms with Gasteiger partial charge in [-0.25, -0.2) is 14.6 Å². The standard InChI is InChI=1S/C11H12ClF2N3O/c1-5(10(15)6(2)18)17(16)11-8(13)4-3-7(12)9(11)14/h3-4H,15-16H2,1-2H3/b10-5-. The molecule has 0 aliphatic rings. The normalized spacial score (nSPS) is 12.1. The van der Waals surface area contributed by atoms with Gasteiger partial charge >= 0.3 is 0 Å². The molecule has 0 radical (unpaired) electrons. The fraction of sp³-hybridized carbons (Fsp3) is 0.182. The molecule has 0 fully saturated rings. The molecule has 1 aromatic rings. The largest absolute Gasteiger partial charge is 0.394 e. The van der Waals surface area contributed by atoms with Crippen molar-refractivity contribution in [3.8, 4) is 0 Å². The molecule has 0 aromatic heterocycles. The Hall–Kier alpha value is -1.66. The highest BCUT2D eigenvalue weighted by Crippen LogP contribution is 2.29. The maximum Gasteiger partial charge on any atom is 0.177 e. The number of hydrogen-bond donors (Lipinski definition) is 2. The molecule has 0 bridgehead atoms. The average Bonchev–Trinajstić information content (AvgIpc) is 2.32. The Morgan fingerprint density at radius 1 is 1.33 bits per heavy atom. The summed E-state index contributed by atoms with van der Waals surface area (Å²) in [4.78, 5) is 11.1. The zero-order chi connectivity index (χ0) is 14.0. The first-order chi connectivity index (χ1) is 8.27. The van der Waals surface area contributed by atoms with Crippen LogP contribution in [0.3, 0.4) is 0 Å². The van der Waals surface area contributed by atoms with Gasteiger partial charge < -0.3 is 5.73 Å². The van der Waals surface area contributed by atoms with Gasteiger partial charge in [-0.1, -0.05) is 11.6 Å². The van der Waals surface area contributed by atoms with Crippen LogP contribution in [0.4, 0.5) is 14.5 Å². The van der Waals surface area contributed by atoms with E-state index in [9.17, 15) is 13.6 Å². The molecular weight excluding hydrogens is 264 g/mol. The van der Waals surface area contributed by atoms with E-state index >= 15 is 0 Å². The lowest BCUT2D eigenvalue weighted by atomic mass is 10.2. The summed E-state index contributed by atoms with van der Waals surface area (Å²) >= 11 is 5.54. The fourth-order valence-electron chi connectivity index (χ4n) is 1.29. The number of carbonyl (C=O) groups excluding carboxylic acids is 1. The Balaban J connectivity index is 3.36. The summed E-state index contributed by atoms with van der Waals surface area (Å²) in [5.74, 6) is 3.17. The van der Waals surface area contributed by atoms with E-state index in [2.05, 4.69) is 0 Å². The summed E-state index contributed by atoms with van der Waals surface area (Å²) in [6, 6.07) is 2.04. The predicted octanol–water partition coefficient (Wildman–Crippen LogP) is 2.08. The Kier molecular flexibility index (Phi) is 4.26. The number of ketones is 1. The number of hydrazine groups is 1. The molecule has 4 N–H and O–H groups in total. The number of hydrogen-bond acceptors (Lipinski definition) is 4. The molecule has 4 nitrogen and oxygen atoms in total. The van der Waals surface area contributed by atoms with Crippen LogP contribution >= 0.6 is 11.6 Å². The Morgan fingerprint density at radius 3 is 2.39 bits per heavy atom. The molecular formula is C11H12ClF2N3O. The smallest absolute Gasteiger partial charge is 0.177 e. The van der Waals surface area contributed by atoms with Gasteiger partial charge in [-0.05, 0) is 19.1 Å². The summed E-state index contributed by atoms with van der Waals surface area (Å²) < 4.78 is 27.2. The Labute approximate surface area is 108 Å². The minimum atomic E-state index is -1.02. The van der Waals surface area contributed by atoms with Crippen LogP contribution in [0.25, 0.3) is 0 Å². The van der Waals surface area contributed by atoms with Crippen LogP contribution in [0.1, 0.15) is 13.8 Å². The maximum absolute atomic E-state index is 13.7. The van der Waals surface area contributed by atoms with Crippen molar-refractivity contribution >= 4 is 23.1 Å². The average molecular weight is 276 g/mol. The van der Waals surface area contributed by atoms with Crippen molar-refractivity contribution in [1.29, 1.82) is 0 Å². The third kappa shape index (κ3) is 2.60. The number of Topliss-reactive ketones (excluding diaryl/α,β-unsaturated/α-hetero) is 1. The number of benzene rings is 1. The third-order valence-corrected chi connectivity index (χ3v) is 2.68. The third-order valence-electron chi connectivity index (χ3n) is 2.39. The molecule has 1 aromatic carbocycles. The minimum absolute atomic E-state index is 0.0302. The van der Waals surface area contributed by atoms with E-state index in [1.807, 2.05) is 0 Å². The van der Waals surface area contributed by atoms with Gasteiger partial charge in [0.25, 0.3) is 0 Å². The predicted molar refractivity (Wildman–Crippen MR) is 65.6 cm³/mol. The first-order valence-electron chi connectivity index (χ1n) is 4.93. The summed E-state index contributed by atoms with van der Waals surface area (Å²) in [6.07, 6.45) is 0. The van der Waals surface area contributed by atoms with Crippen molar-refractivity contribution in [2.45, 2.75) is 13.8 Å². The molecule has 0 amide bonds. The fourth-order valence-corrected chi connectivity index (χ4v) is 1.44. The lowest BCUT2D eigenvalue weighted by Gasteiger charge is -2.22. The van der Waals surface area contributed by atoms with E-state index in [1.54, 1.807) is 0 Å². The van der Waals surface area contributed by atoms with Gasteiger partial charge in [0, 0.05) is 6.92 Å². The number of nitrogens with two attached hydrogens (primary N) is 2. The van der Waals surface area contributed by atoms with Crippen molar-refractivity contribution in [3.63, 3.8) is 0 Å². The number of rotatable bonds is 3. The Morgan fingerprint density at radius 2 is 1.89 bits per heavy atom. The van der Waals surface area contributed by atoms with E-state index in [0.29, 0.717) is 5.01 Å². The Bertz CT molecular complexity index is 531. The first kappa shape index (κ1) is 14.4. The molecule has 18 heavy (non-hydrogen) atoms. The van der Waals surface area contributed by atoms with Crippen molar-refractivity contribution in [2.75, 3.05) is 5.01 Å². The molecule has 0 heterocycles. The number of halogens is 3. The van der Waals surface area contributed by atoms with Crippen molar-refractivity contribution in [1.82, 2.24) is 0 Å². The van der Waals surface area contributed by atoms with Crippen LogP contribution in [0.2, 0.25) is 5.02 Å². The summed E-state index contributed by atoms with van der Waals surface area (Å²) in [6.45, 7) is 2.59. The van der Waals surface area contributed by atoms with Crippen LogP contribution in [0.15, 0.2) is 23.5 Å². The lowest BCUT2D eigenvalue weighted by Crippen LogP contribution is -2.34. The van der Waals surface area contributed by atoms with E-state index in [4.69, 9.17) is 23.2 Å². The molecule has 0 unspecified atom stereocenters. The van der Waals surface area contributed by atoms with Gasteiger partial charge in [0.15, 0.2) is 17.4 Å². The van der Waals surface area contributed by atoms with Crippen LogP contribution in [-0.4, -0.2) is 5.78 Å². The first-order valence-corrected chi connectivity index (χ1v) is 5.30. The minimum Gasteiger partial charge on any atom is -0.394 e. The molecule has 0 spiro atoms. The number of allylic oxidation sites excluding steroid dienone is 2. The summed E-state index contributed by atoms with van der Waals surface area (Å²) in [5, 5.41) is 0.379. The quantitative estimate of drug-likeness (QED) is 0.383. The van der Waals surface area contributed by atoms with Gasteiger partial charge in [0.2, 0.25) is 0 Å². The van der Waals surface area contributed by atoms with Gasteiger partial charge in [0.1, 0.15) is 5.69 Å². The highest BCUT2D eigenvalue weighted by atomic mass is 35.5. The second-order valence-corrected chi connectivity index (χ2v) is 4.02. The van der Waals surface area contributed by atoms with E-state index in [-0.39, 0.29) is 16.4 Å². The number of nitrogens with zero attached hydrogens (tertiary/aromatic N) is 1. The van der Waals surface area contributed by atoms with E-state index < -0.39 is 23.1 Å². The van der Waals surface area contributed by atoms with Crippen molar-refractivity contribution in [2.24, 2.45) is 11.6 Å². The molecule has 0 saturated heterocycles. The molecule has 0 aliphatic carbocycles.